The molecule has 0 radical (unpaired) electrons. The van der Waals surface area contributed by atoms with Gasteiger partial charge in [0.15, 0.2) is 11.5 Å². The highest BCUT2D eigenvalue weighted by atomic mass is 16.7. The van der Waals surface area contributed by atoms with Crippen molar-refractivity contribution in [3.8, 4) is 11.5 Å². The fourth-order valence-corrected chi connectivity index (χ4v) is 2.17. The van der Waals surface area contributed by atoms with Gasteiger partial charge in [-0.3, -0.25) is 0 Å². The van der Waals surface area contributed by atoms with Crippen LogP contribution in [0.2, 0.25) is 0 Å². The quantitative estimate of drug-likeness (QED) is 0.849. The zero-order chi connectivity index (χ0) is 11.7. The molecule has 0 aromatic heterocycles. The van der Waals surface area contributed by atoms with Crippen LogP contribution in [0.15, 0.2) is 18.2 Å². The monoisotopic (exact) mass is 235 g/mol. The topological polar surface area (TPSA) is 39.7 Å². The molecule has 2 aliphatic rings. The largest absolute Gasteiger partial charge is 0.454 e. The number of benzene rings is 1. The number of anilines is 1. The summed E-state index contributed by atoms with van der Waals surface area (Å²) in [5.74, 6) is 2.40. The molecule has 4 nitrogen and oxygen atoms in total. The Kier molecular flexibility index (Phi) is 2.81. The maximum atomic E-state index is 5.36. The summed E-state index contributed by atoms with van der Waals surface area (Å²) in [4.78, 5) is 0. The fourth-order valence-electron chi connectivity index (χ4n) is 2.17. The van der Waals surface area contributed by atoms with E-state index < -0.39 is 0 Å². The standard InChI is InChI=1S/C13H17NO3/c1-15-7-11(9-2-3-9)14-10-4-5-12-13(6-10)17-8-16-12/h4-6,9,11,14H,2-3,7-8H2,1H3. The van der Waals surface area contributed by atoms with Crippen molar-refractivity contribution in [1.29, 1.82) is 0 Å². The molecular weight excluding hydrogens is 218 g/mol. The van der Waals surface area contributed by atoms with Gasteiger partial charge in [0.05, 0.1) is 12.6 Å². The second-order valence-corrected chi connectivity index (χ2v) is 4.61. The number of methoxy groups -OCH3 is 1. The lowest BCUT2D eigenvalue weighted by molar-refractivity contribution is 0.174. The molecule has 3 rings (SSSR count). The average Bonchev–Trinajstić information content (AvgIpc) is 3.07. The minimum Gasteiger partial charge on any atom is -0.454 e. The SMILES string of the molecule is COCC(Nc1ccc2c(c1)OCO2)C1CC1. The zero-order valence-corrected chi connectivity index (χ0v) is 9.94. The number of ether oxygens (including phenoxy) is 3. The lowest BCUT2D eigenvalue weighted by Crippen LogP contribution is -2.27. The van der Waals surface area contributed by atoms with E-state index in [1.165, 1.54) is 12.8 Å². The molecule has 0 amide bonds. The van der Waals surface area contributed by atoms with Gasteiger partial charge in [-0.15, -0.1) is 0 Å². The van der Waals surface area contributed by atoms with Gasteiger partial charge in [-0.1, -0.05) is 0 Å². The van der Waals surface area contributed by atoms with Crippen LogP contribution in [0.3, 0.4) is 0 Å². The highest BCUT2D eigenvalue weighted by molar-refractivity contribution is 5.56. The summed E-state index contributed by atoms with van der Waals surface area (Å²) in [6.45, 7) is 1.07. The van der Waals surface area contributed by atoms with Gasteiger partial charge < -0.3 is 19.5 Å². The number of rotatable bonds is 5. The molecule has 1 saturated carbocycles. The van der Waals surface area contributed by atoms with Gasteiger partial charge in [0.2, 0.25) is 6.79 Å². The van der Waals surface area contributed by atoms with Gasteiger partial charge in [0.1, 0.15) is 0 Å². The summed E-state index contributed by atoms with van der Waals surface area (Å²) in [6.07, 6.45) is 2.59. The summed E-state index contributed by atoms with van der Waals surface area (Å²) in [7, 11) is 1.75. The van der Waals surface area contributed by atoms with E-state index in [2.05, 4.69) is 5.32 Å². The molecule has 1 atom stereocenters. The van der Waals surface area contributed by atoms with Crippen molar-refractivity contribution in [2.24, 2.45) is 5.92 Å². The number of hydrogen-bond acceptors (Lipinski definition) is 4. The van der Waals surface area contributed by atoms with Gasteiger partial charge in [-0.2, -0.15) is 0 Å². The van der Waals surface area contributed by atoms with Crippen LogP contribution in [-0.2, 0) is 4.74 Å². The molecule has 1 aromatic carbocycles. The van der Waals surface area contributed by atoms with E-state index in [0.29, 0.717) is 12.8 Å². The first-order chi connectivity index (χ1) is 8.36. The third kappa shape index (κ3) is 2.31. The minimum atomic E-state index is 0.322. The minimum absolute atomic E-state index is 0.322. The van der Waals surface area contributed by atoms with Crippen molar-refractivity contribution in [3.63, 3.8) is 0 Å². The molecule has 0 bridgehead atoms. The third-order valence-electron chi connectivity index (χ3n) is 3.26. The van der Waals surface area contributed by atoms with Crippen LogP contribution in [0.5, 0.6) is 11.5 Å². The summed E-state index contributed by atoms with van der Waals surface area (Å²) < 4.78 is 15.9. The maximum Gasteiger partial charge on any atom is 0.231 e. The molecule has 0 saturated heterocycles. The lowest BCUT2D eigenvalue weighted by atomic mass is 10.2. The molecule has 1 fully saturated rings. The summed E-state index contributed by atoms with van der Waals surface area (Å²) in [5.41, 5.74) is 1.07. The average molecular weight is 235 g/mol. The Morgan fingerprint density at radius 1 is 1.35 bits per heavy atom. The first kappa shape index (κ1) is 10.7. The Hall–Kier alpha value is -1.42. The van der Waals surface area contributed by atoms with Crippen molar-refractivity contribution in [2.45, 2.75) is 18.9 Å². The van der Waals surface area contributed by atoms with E-state index in [0.717, 1.165) is 29.7 Å². The van der Waals surface area contributed by atoms with Crippen LogP contribution >= 0.6 is 0 Å². The molecule has 1 aliphatic heterocycles. The van der Waals surface area contributed by atoms with Gasteiger partial charge in [-0.05, 0) is 30.9 Å². The summed E-state index contributed by atoms with van der Waals surface area (Å²) in [6, 6.07) is 6.37. The first-order valence-electron chi connectivity index (χ1n) is 6.02. The zero-order valence-electron chi connectivity index (χ0n) is 9.94. The summed E-state index contributed by atoms with van der Waals surface area (Å²) >= 11 is 0. The van der Waals surface area contributed by atoms with Gasteiger partial charge >= 0.3 is 0 Å². The van der Waals surface area contributed by atoms with E-state index in [1.54, 1.807) is 7.11 Å². The highest BCUT2D eigenvalue weighted by Gasteiger charge is 2.31. The predicted molar refractivity (Wildman–Crippen MR) is 64.6 cm³/mol. The lowest BCUT2D eigenvalue weighted by Gasteiger charge is -2.18. The Morgan fingerprint density at radius 2 is 2.18 bits per heavy atom. The van der Waals surface area contributed by atoms with Crippen LogP contribution in [0.1, 0.15) is 12.8 Å². The molecule has 92 valence electrons. The Labute approximate surface area is 101 Å². The third-order valence-corrected chi connectivity index (χ3v) is 3.26. The number of nitrogens with one attached hydrogen (secondary N) is 1. The highest BCUT2D eigenvalue weighted by Crippen LogP contribution is 2.37. The molecule has 1 heterocycles. The second kappa shape index (κ2) is 4.45. The van der Waals surface area contributed by atoms with Crippen molar-refractivity contribution in [3.05, 3.63) is 18.2 Å². The Bertz CT molecular complexity index is 404. The fraction of sp³-hybridized carbons (Fsp3) is 0.538. The van der Waals surface area contributed by atoms with E-state index in [4.69, 9.17) is 14.2 Å². The predicted octanol–water partition coefficient (Wildman–Crippen LogP) is 2.25. The number of fused-ring (bicyclic) bond motifs is 1. The van der Waals surface area contributed by atoms with E-state index in [1.807, 2.05) is 18.2 Å². The molecule has 17 heavy (non-hydrogen) atoms. The Balaban J connectivity index is 1.70. The van der Waals surface area contributed by atoms with E-state index in [9.17, 15) is 0 Å². The number of hydrogen-bond donors (Lipinski definition) is 1. The molecule has 4 heteroatoms. The van der Waals surface area contributed by atoms with Gasteiger partial charge in [0.25, 0.3) is 0 Å². The van der Waals surface area contributed by atoms with E-state index >= 15 is 0 Å². The molecule has 1 N–H and O–H groups in total. The second-order valence-electron chi connectivity index (χ2n) is 4.61. The smallest absolute Gasteiger partial charge is 0.231 e. The van der Waals surface area contributed by atoms with Crippen molar-refractivity contribution < 1.29 is 14.2 Å². The van der Waals surface area contributed by atoms with Crippen LogP contribution in [0.4, 0.5) is 5.69 Å². The van der Waals surface area contributed by atoms with Gasteiger partial charge in [-0.25, -0.2) is 0 Å². The Morgan fingerprint density at radius 3 is 2.94 bits per heavy atom. The molecule has 1 unspecified atom stereocenters. The normalized spacial score (nSPS) is 19.1. The maximum absolute atomic E-state index is 5.36. The molecule has 1 aromatic rings. The van der Waals surface area contributed by atoms with Crippen LogP contribution < -0.4 is 14.8 Å². The van der Waals surface area contributed by atoms with Crippen LogP contribution in [0, 0.1) is 5.92 Å². The first-order valence-corrected chi connectivity index (χ1v) is 6.02. The van der Waals surface area contributed by atoms with Crippen molar-refractivity contribution >= 4 is 5.69 Å². The van der Waals surface area contributed by atoms with Gasteiger partial charge in [0, 0.05) is 18.9 Å². The van der Waals surface area contributed by atoms with E-state index in [-0.39, 0.29) is 0 Å². The van der Waals surface area contributed by atoms with Crippen molar-refractivity contribution in [1.82, 2.24) is 0 Å². The summed E-state index contributed by atoms with van der Waals surface area (Å²) in [5, 5.41) is 3.51. The molecule has 0 spiro atoms. The van der Waals surface area contributed by atoms with Crippen LogP contribution in [-0.4, -0.2) is 26.6 Å². The molecular formula is C13H17NO3. The van der Waals surface area contributed by atoms with Crippen molar-refractivity contribution in [2.75, 3.05) is 25.8 Å². The molecule has 1 aliphatic carbocycles. The van der Waals surface area contributed by atoms with Crippen LogP contribution in [0.25, 0.3) is 0 Å².